The number of likely N-dealkylation sites (N-methyl/N-ethyl adjacent to an activating group) is 1. The summed E-state index contributed by atoms with van der Waals surface area (Å²) >= 11 is 0. The van der Waals surface area contributed by atoms with Crippen molar-refractivity contribution in [2.75, 3.05) is 7.05 Å². The molecule has 3 nitrogen and oxygen atoms in total. The van der Waals surface area contributed by atoms with Gasteiger partial charge in [0.1, 0.15) is 0 Å². The maximum absolute atomic E-state index is 11.9. The normalized spacial score (nSPS) is 14.3. The largest absolute Gasteiger partial charge is 0.386 e. The number of carbonyl (C=O) groups excluding carboxylic acids is 1. The van der Waals surface area contributed by atoms with Crippen LogP contribution < -0.4 is 0 Å². The van der Waals surface area contributed by atoms with Crippen molar-refractivity contribution in [3.8, 4) is 0 Å². The monoisotopic (exact) mass is 249 g/mol. The fraction of sp³-hybridized carbons (Fsp3) is 0.533. The molecule has 0 bridgehead atoms. The van der Waals surface area contributed by atoms with Gasteiger partial charge in [-0.05, 0) is 18.4 Å². The van der Waals surface area contributed by atoms with Gasteiger partial charge in [0.05, 0.1) is 12.1 Å². The second kappa shape index (κ2) is 6.55. The molecule has 0 saturated heterocycles. The molecule has 1 amide bonds. The number of rotatable bonds is 5. The summed E-state index contributed by atoms with van der Waals surface area (Å²) in [5.41, 5.74) is 0.842. The van der Waals surface area contributed by atoms with Gasteiger partial charge >= 0.3 is 0 Å². The third-order valence-corrected chi connectivity index (χ3v) is 3.19. The summed E-state index contributed by atoms with van der Waals surface area (Å²) in [5, 5.41) is 10.2. The Morgan fingerprint density at radius 3 is 2.28 bits per heavy atom. The van der Waals surface area contributed by atoms with E-state index in [4.69, 9.17) is 0 Å². The van der Waals surface area contributed by atoms with E-state index in [0.29, 0.717) is 12.3 Å². The summed E-state index contributed by atoms with van der Waals surface area (Å²) < 4.78 is 0. The molecule has 0 aromatic heterocycles. The first-order chi connectivity index (χ1) is 8.43. The number of aliphatic hydroxyl groups excluding tert-OH is 1. The van der Waals surface area contributed by atoms with Gasteiger partial charge in [0.15, 0.2) is 0 Å². The van der Waals surface area contributed by atoms with Crippen molar-refractivity contribution in [3.05, 3.63) is 35.9 Å². The second-order valence-corrected chi connectivity index (χ2v) is 5.20. The molecule has 1 aromatic carbocycles. The molecule has 100 valence electrons. The molecule has 0 aliphatic carbocycles. The smallest absolute Gasteiger partial charge is 0.222 e. The Hall–Kier alpha value is -1.35. The maximum Gasteiger partial charge on any atom is 0.222 e. The molecule has 1 rings (SSSR count). The summed E-state index contributed by atoms with van der Waals surface area (Å²) in [4.78, 5) is 13.6. The number of nitrogens with zero attached hydrogens (tertiary/aromatic N) is 1. The van der Waals surface area contributed by atoms with Crippen LogP contribution in [0.25, 0.3) is 0 Å². The van der Waals surface area contributed by atoms with E-state index in [1.54, 1.807) is 11.9 Å². The molecule has 2 atom stereocenters. The lowest BCUT2D eigenvalue weighted by molar-refractivity contribution is -0.134. The first-order valence-corrected chi connectivity index (χ1v) is 6.42. The number of hydrogen-bond acceptors (Lipinski definition) is 2. The fourth-order valence-corrected chi connectivity index (χ4v) is 1.86. The topological polar surface area (TPSA) is 40.5 Å². The van der Waals surface area contributed by atoms with Gasteiger partial charge in [-0.15, -0.1) is 0 Å². The molecule has 0 aliphatic rings. The van der Waals surface area contributed by atoms with Crippen LogP contribution in [-0.2, 0) is 4.79 Å². The van der Waals surface area contributed by atoms with Gasteiger partial charge in [0.2, 0.25) is 5.91 Å². The van der Waals surface area contributed by atoms with Crippen LogP contribution in [0.1, 0.15) is 38.9 Å². The zero-order chi connectivity index (χ0) is 13.7. The highest BCUT2D eigenvalue weighted by atomic mass is 16.3. The minimum absolute atomic E-state index is 0.0764. The number of aliphatic hydroxyl groups is 1. The first kappa shape index (κ1) is 14.7. The quantitative estimate of drug-likeness (QED) is 0.871. The highest BCUT2D eigenvalue weighted by molar-refractivity contribution is 5.76. The Kier molecular flexibility index (Phi) is 5.35. The van der Waals surface area contributed by atoms with Crippen molar-refractivity contribution >= 4 is 5.91 Å². The van der Waals surface area contributed by atoms with Crippen molar-refractivity contribution in [3.63, 3.8) is 0 Å². The van der Waals surface area contributed by atoms with Gasteiger partial charge in [-0.2, -0.15) is 0 Å². The SMILES string of the molecule is CC(C)CC(=O)N(C)C(C)C(O)c1ccccc1. The fourth-order valence-electron chi connectivity index (χ4n) is 1.86. The number of hydrogen-bond donors (Lipinski definition) is 1. The van der Waals surface area contributed by atoms with Crippen LogP contribution in [0.2, 0.25) is 0 Å². The predicted octanol–water partition coefficient (Wildman–Crippen LogP) is 2.61. The van der Waals surface area contributed by atoms with Crippen molar-refractivity contribution < 1.29 is 9.90 Å². The van der Waals surface area contributed by atoms with E-state index in [9.17, 15) is 9.90 Å². The lowest BCUT2D eigenvalue weighted by Crippen LogP contribution is -2.39. The Balaban J connectivity index is 2.69. The molecule has 1 N–H and O–H groups in total. The average molecular weight is 249 g/mol. The van der Waals surface area contributed by atoms with Gasteiger partial charge in [-0.1, -0.05) is 44.2 Å². The van der Waals surface area contributed by atoms with E-state index in [1.807, 2.05) is 51.1 Å². The Bertz CT molecular complexity index is 375. The van der Waals surface area contributed by atoms with Gasteiger partial charge < -0.3 is 10.0 Å². The average Bonchev–Trinajstić information content (AvgIpc) is 2.36. The molecule has 3 heteroatoms. The van der Waals surface area contributed by atoms with Gasteiger partial charge in [-0.3, -0.25) is 4.79 Å². The van der Waals surface area contributed by atoms with Crippen molar-refractivity contribution in [2.24, 2.45) is 5.92 Å². The van der Waals surface area contributed by atoms with Crippen LogP contribution in [0.15, 0.2) is 30.3 Å². The van der Waals surface area contributed by atoms with E-state index < -0.39 is 6.10 Å². The molecular weight excluding hydrogens is 226 g/mol. The van der Waals surface area contributed by atoms with Crippen LogP contribution >= 0.6 is 0 Å². The lowest BCUT2D eigenvalue weighted by Gasteiger charge is -2.29. The zero-order valence-corrected chi connectivity index (χ0v) is 11.6. The van der Waals surface area contributed by atoms with Crippen LogP contribution in [0.3, 0.4) is 0 Å². The number of carbonyl (C=O) groups is 1. The van der Waals surface area contributed by atoms with Crippen LogP contribution in [-0.4, -0.2) is 29.0 Å². The molecule has 0 saturated carbocycles. The predicted molar refractivity (Wildman–Crippen MR) is 73.1 cm³/mol. The lowest BCUT2D eigenvalue weighted by atomic mass is 10.0. The van der Waals surface area contributed by atoms with Gasteiger partial charge in [0.25, 0.3) is 0 Å². The molecule has 0 aliphatic heterocycles. The van der Waals surface area contributed by atoms with Crippen LogP contribution in [0, 0.1) is 5.92 Å². The number of benzene rings is 1. The molecule has 0 heterocycles. The standard InChI is InChI=1S/C15H23NO2/c1-11(2)10-14(17)16(4)12(3)15(18)13-8-6-5-7-9-13/h5-9,11-12,15,18H,10H2,1-4H3. The highest BCUT2D eigenvalue weighted by Gasteiger charge is 2.24. The third-order valence-electron chi connectivity index (χ3n) is 3.19. The minimum atomic E-state index is -0.646. The van der Waals surface area contributed by atoms with E-state index in [0.717, 1.165) is 5.56 Å². The second-order valence-electron chi connectivity index (χ2n) is 5.20. The van der Waals surface area contributed by atoms with E-state index in [-0.39, 0.29) is 11.9 Å². The van der Waals surface area contributed by atoms with Crippen molar-refractivity contribution in [1.29, 1.82) is 0 Å². The van der Waals surface area contributed by atoms with Gasteiger partial charge in [0, 0.05) is 13.5 Å². The van der Waals surface area contributed by atoms with Crippen LogP contribution in [0.4, 0.5) is 0 Å². The molecule has 1 aromatic rings. The van der Waals surface area contributed by atoms with E-state index in [2.05, 4.69) is 0 Å². The molecule has 0 spiro atoms. The molecule has 2 unspecified atom stereocenters. The van der Waals surface area contributed by atoms with Crippen LogP contribution in [0.5, 0.6) is 0 Å². The molecule has 0 fully saturated rings. The molecule has 18 heavy (non-hydrogen) atoms. The minimum Gasteiger partial charge on any atom is -0.386 e. The zero-order valence-electron chi connectivity index (χ0n) is 11.6. The van der Waals surface area contributed by atoms with Gasteiger partial charge in [-0.25, -0.2) is 0 Å². The van der Waals surface area contributed by atoms with E-state index >= 15 is 0 Å². The van der Waals surface area contributed by atoms with Crippen molar-refractivity contribution in [2.45, 2.75) is 39.3 Å². The Morgan fingerprint density at radius 2 is 1.78 bits per heavy atom. The van der Waals surface area contributed by atoms with Crippen molar-refractivity contribution in [1.82, 2.24) is 4.90 Å². The summed E-state index contributed by atoms with van der Waals surface area (Å²) in [7, 11) is 1.75. The summed E-state index contributed by atoms with van der Waals surface area (Å²) in [5.74, 6) is 0.411. The van der Waals surface area contributed by atoms with E-state index in [1.165, 1.54) is 0 Å². The number of amides is 1. The maximum atomic E-state index is 11.9. The first-order valence-electron chi connectivity index (χ1n) is 6.42. The third kappa shape index (κ3) is 3.84. The molecule has 0 radical (unpaired) electrons. The highest BCUT2D eigenvalue weighted by Crippen LogP contribution is 2.20. The summed E-state index contributed by atoms with van der Waals surface area (Å²) in [6, 6.07) is 9.22. The molecular formula is C15H23NO2. The Morgan fingerprint density at radius 1 is 1.22 bits per heavy atom. The summed E-state index contributed by atoms with van der Waals surface area (Å²) in [6.07, 6.45) is -0.130. The Labute approximate surface area is 109 Å². The summed E-state index contributed by atoms with van der Waals surface area (Å²) in [6.45, 7) is 5.91.